The molecule has 10 heteroatoms. The van der Waals surface area contributed by atoms with Gasteiger partial charge in [-0.15, -0.1) is 11.8 Å². The summed E-state index contributed by atoms with van der Waals surface area (Å²) in [5.41, 5.74) is -0.367. The zero-order valence-corrected chi connectivity index (χ0v) is 15.7. The third kappa shape index (κ3) is 6.54. The minimum atomic E-state index is -0.701. The second-order valence-electron chi connectivity index (χ2n) is 5.40. The molecule has 28 heavy (non-hydrogen) atoms. The van der Waals surface area contributed by atoms with E-state index in [1.54, 1.807) is 12.1 Å². The number of carbonyl (C=O) groups is 2. The Morgan fingerprint density at radius 1 is 1.21 bits per heavy atom. The topological polar surface area (TPSA) is 108 Å². The third-order valence-electron chi connectivity index (χ3n) is 3.43. The van der Waals surface area contributed by atoms with E-state index >= 15 is 0 Å². The molecule has 148 valence electrons. The summed E-state index contributed by atoms with van der Waals surface area (Å²) in [6.07, 6.45) is 0.0536. The monoisotopic (exact) mass is 408 g/mol. The molecule has 0 aliphatic heterocycles. The number of methoxy groups -OCH3 is 1. The Morgan fingerprint density at radius 3 is 2.57 bits per heavy atom. The fourth-order valence-corrected chi connectivity index (χ4v) is 2.92. The number of hydrogen-bond acceptors (Lipinski definition) is 7. The molecule has 0 atom stereocenters. The molecule has 0 heterocycles. The number of carbonyl (C=O) groups excluding carboxylic acids is 2. The summed E-state index contributed by atoms with van der Waals surface area (Å²) < 4.78 is 22.6. The van der Waals surface area contributed by atoms with E-state index in [2.05, 4.69) is 5.32 Å². The molecule has 0 spiro atoms. The molecule has 0 fully saturated rings. The number of benzene rings is 2. The minimum absolute atomic E-state index is 0.0290. The Balaban J connectivity index is 1.78. The van der Waals surface area contributed by atoms with Crippen molar-refractivity contribution in [2.24, 2.45) is 0 Å². The van der Waals surface area contributed by atoms with Crippen molar-refractivity contribution in [1.82, 2.24) is 0 Å². The summed E-state index contributed by atoms with van der Waals surface area (Å²) in [5.74, 6) is -0.959. The minimum Gasteiger partial charge on any atom is -0.496 e. The molecule has 1 N–H and O–H groups in total. The molecule has 2 rings (SSSR count). The maximum atomic E-state index is 12.8. The first-order valence-electron chi connectivity index (χ1n) is 8.05. The summed E-state index contributed by atoms with van der Waals surface area (Å²) in [6.45, 7) is -0.566. The smallest absolute Gasteiger partial charge is 0.307 e. The van der Waals surface area contributed by atoms with Gasteiger partial charge in [-0.1, -0.05) is 0 Å². The zero-order chi connectivity index (χ0) is 20.5. The number of nitrogens with zero attached hydrogens (tertiary/aromatic N) is 1. The van der Waals surface area contributed by atoms with Gasteiger partial charge in [0.2, 0.25) is 0 Å². The first-order chi connectivity index (χ1) is 13.4. The predicted molar refractivity (Wildman–Crippen MR) is 101 cm³/mol. The summed E-state index contributed by atoms with van der Waals surface area (Å²) in [5, 5.41) is 13.4. The third-order valence-corrected chi connectivity index (χ3v) is 4.44. The van der Waals surface area contributed by atoms with E-state index in [9.17, 15) is 24.1 Å². The van der Waals surface area contributed by atoms with E-state index in [4.69, 9.17) is 9.47 Å². The molecular weight excluding hydrogens is 391 g/mol. The van der Waals surface area contributed by atoms with Crippen LogP contribution in [0.15, 0.2) is 47.4 Å². The molecule has 2 aromatic rings. The maximum Gasteiger partial charge on any atom is 0.307 e. The molecule has 0 unspecified atom stereocenters. The van der Waals surface area contributed by atoms with Crippen LogP contribution in [0.2, 0.25) is 0 Å². The lowest BCUT2D eigenvalue weighted by molar-refractivity contribution is -0.384. The fourth-order valence-electron chi connectivity index (χ4n) is 2.08. The quantitative estimate of drug-likeness (QED) is 0.293. The number of nitro groups is 1. The largest absolute Gasteiger partial charge is 0.496 e. The summed E-state index contributed by atoms with van der Waals surface area (Å²) in [7, 11) is 1.37. The standard InChI is InChI=1S/C18H17FN2O6S/c1-26-13-4-7-15(16(10-13)21(24)25)20-17(22)11-27-18(23)8-9-28-14-5-2-12(19)3-6-14/h2-7,10H,8-9,11H2,1H3,(H,20,22). The van der Waals surface area contributed by atoms with Crippen LogP contribution in [0, 0.1) is 15.9 Å². The second-order valence-corrected chi connectivity index (χ2v) is 6.57. The van der Waals surface area contributed by atoms with Gasteiger partial charge in [0.1, 0.15) is 17.3 Å². The lowest BCUT2D eigenvalue weighted by atomic mass is 10.2. The van der Waals surface area contributed by atoms with Crippen LogP contribution in [0.1, 0.15) is 6.42 Å². The molecule has 2 aromatic carbocycles. The van der Waals surface area contributed by atoms with E-state index in [1.165, 1.54) is 49.2 Å². The SMILES string of the molecule is COc1ccc(NC(=O)COC(=O)CCSc2ccc(F)cc2)c([N+](=O)[O-])c1. The molecule has 0 aliphatic rings. The fraction of sp³-hybridized carbons (Fsp3) is 0.222. The van der Waals surface area contributed by atoms with E-state index in [0.717, 1.165) is 4.90 Å². The first-order valence-corrected chi connectivity index (χ1v) is 9.04. The van der Waals surface area contributed by atoms with Crippen LogP contribution in [-0.2, 0) is 14.3 Å². The van der Waals surface area contributed by atoms with Crippen LogP contribution in [0.5, 0.6) is 5.75 Å². The van der Waals surface area contributed by atoms with Crippen molar-refractivity contribution >= 4 is 35.0 Å². The van der Waals surface area contributed by atoms with Gasteiger partial charge in [0.05, 0.1) is 24.5 Å². The van der Waals surface area contributed by atoms with Gasteiger partial charge >= 0.3 is 5.97 Å². The summed E-state index contributed by atoms with van der Waals surface area (Å²) in [6, 6.07) is 9.80. The molecule has 1 amide bonds. The van der Waals surface area contributed by atoms with Crippen LogP contribution in [0.25, 0.3) is 0 Å². The van der Waals surface area contributed by atoms with Crippen molar-refractivity contribution in [2.45, 2.75) is 11.3 Å². The second kappa shape index (κ2) is 10.3. The van der Waals surface area contributed by atoms with E-state index in [-0.39, 0.29) is 29.4 Å². The van der Waals surface area contributed by atoms with Gasteiger partial charge in [0.15, 0.2) is 6.61 Å². The van der Waals surface area contributed by atoms with Crippen molar-refractivity contribution < 1.29 is 28.4 Å². The van der Waals surface area contributed by atoms with Gasteiger partial charge < -0.3 is 14.8 Å². The molecule has 8 nitrogen and oxygen atoms in total. The van der Waals surface area contributed by atoms with Crippen LogP contribution < -0.4 is 10.1 Å². The van der Waals surface area contributed by atoms with Gasteiger partial charge in [0, 0.05) is 10.6 Å². The number of esters is 1. The molecule has 0 radical (unpaired) electrons. The Hall–Kier alpha value is -3.14. The van der Waals surface area contributed by atoms with Crippen molar-refractivity contribution in [1.29, 1.82) is 0 Å². The number of rotatable bonds is 9. The molecule has 0 aromatic heterocycles. The number of nitrogens with one attached hydrogen (secondary N) is 1. The molecule has 0 saturated heterocycles. The van der Waals surface area contributed by atoms with E-state index in [0.29, 0.717) is 5.75 Å². The van der Waals surface area contributed by atoms with Gasteiger partial charge in [0.25, 0.3) is 11.6 Å². The lowest BCUT2D eigenvalue weighted by Gasteiger charge is -2.08. The summed E-state index contributed by atoms with van der Waals surface area (Å²) in [4.78, 5) is 34.8. The van der Waals surface area contributed by atoms with Crippen LogP contribution in [-0.4, -0.2) is 36.3 Å². The number of hydrogen-bond donors (Lipinski definition) is 1. The number of anilines is 1. The number of halogens is 1. The van der Waals surface area contributed by atoms with Gasteiger partial charge in [-0.3, -0.25) is 19.7 Å². The van der Waals surface area contributed by atoms with Gasteiger partial charge in [-0.25, -0.2) is 4.39 Å². The maximum absolute atomic E-state index is 12.8. The van der Waals surface area contributed by atoms with Crippen LogP contribution in [0.4, 0.5) is 15.8 Å². The predicted octanol–water partition coefficient (Wildman–Crippen LogP) is 3.41. The van der Waals surface area contributed by atoms with Gasteiger partial charge in [-0.05, 0) is 36.4 Å². The average molecular weight is 408 g/mol. The highest BCUT2D eigenvalue weighted by Gasteiger charge is 2.18. The van der Waals surface area contributed by atoms with E-state index in [1.807, 2.05) is 0 Å². The van der Waals surface area contributed by atoms with Gasteiger partial charge in [-0.2, -0.15) is 0 Å². The van der Waals surface area contributed by atoms with Crippen molar-refractivity contribution in [3.05, 3.63) is 58.4 Å². The zero-order valence-electron chi connectivity index (χ0n) is 14.8. The Bertz CT molecular complexity index is 860. The molecule has 0 aliphatic carbocycles. The Morgan fingerprint density at radius 2 is 1.93 bits per heavy atom. The van der Waals surface area contributed by atoms with E-state index < -0.39 is 23.4 Å². The van der Waals surface area contributed by atoms with Crippen LogP contribution in [0.3, 0.4) is 0 Å². The number of ether oxygens (including phenoxy) is 2. The molecule has 0 saturated carbocycles. The first kappa shape index (κ1) is 21.2. The Labute approximate surface area is 164 Å². The number of nitro benzene ring substituents is 1. The highest BCUT2D eigenvalue weighted by Crippen LogP contribution is 2.28. The number of thioether (sulfide) groups is 1. The van der Waals surface area contributed by atoms with Crippen molar-refractivity contribution in [3.63, 3.8) is 0 Å². The highest BCUT2D eigenvalue weighted by molar-refractivity contribution is 7.99. The van der Waals surface area contributed by atoms with Crippen LogP contribution >= 0.6 is 11.8 Å². The average Bonchev–Trinajstić information content (AvgIpc) is 2.68. The summed E-state index contributed by atoms with van der Waals surface area (Å²) >= 11 is 1.35. The molecule has 0 bridgehead atoms. The normalized spacial score (nSPS) is 10.2. The lowest BCUT2D eigenvalue weighted by Crippen LogP contribution is -2.21. The van der Waals surface area contributed by atoms with Crippen molar-refractivity contribution in [2.75, 3.05) is 24.8 Å². The molecular formula is C18H17FN2O6S. The highest BCUT2D eigenvalue weighted by atomic mass is 32.2. The number of amides is 1. The Kier molecular flexibility index (Phi) is 7.76. The van der Waals surface area contributed by atoms with Crippen molar-refractivity contribution in [3.8, 4) is 5.75 Å².